The number of hydrazone groups is 1. The normalized spacial score (nSPS) is 16.1. The Morgan fingerprint density at radius 1 is 1.20 bits per heavy atom. The van der Waals surface area contributed by atoms with E-state index in [1.165, 1.54) is 9.13 Å². The number of fused-ring (bicyclic) bond motifs is 3. The Balaban J connectivity index is 1.95. The molecule has 0 unspecified atom stereocenters. The number of hydrogen-bond donors (Lipinski definition) is 0. The predicted molar refractivity (Wildman–Crippen MR) is 117 cm³/mol. The average molecular weight is 410 g/mol. The molecule has 0 amide bonds. The van der Waals surface area contributed by atoms with Gasteiger partial charge in [-0.05, 0) is 26.3 Å². The second-order valence-corrected chi connectivity index (χ2v) is 7.71. The zero-order valence-electron chi connectivity index (χ0n) is 17.9. The number of imidazole rings is 1. The first-order chi connectivity index (χ1) is 14.3. The zero-order valence-corrected chi connectivity index (χ0v) is 17.9. The molecule has 30 heavy (non-hydrogen) atoms. The quantitative estimate of drug-likeness (QED) is 0.638. The summed E-state index contributed by atoms with van der Waals surface area (Å²) in [5, 5.41) is 6.34. The maximum atomic E-state index is 13.5. The summed E-state index contributed by atoms with van der Waals surface area (Å²) in [6, 6.07) is 7.66. The maximum absolute atomic E-state index is 13.5. The van der Waals surface area contributed by atoms with Crippen LogP contribution in [0.25, 0.3) is 11.2 Å². The topological polar surface area (TPSA) is 86.7 Å². The van der Waals surface area contributed by atoms with Gasteiger partial charge in [-0.2, -0.15) is 10.1 Å². The van der Waals surface area contributed by atoms with Gasteiger partial charge in [0.15, 0.2) is 11.2 Å². The molecule has 2 aromatic heterocycles. The van der Waals surface area contributed by atoms with Crippen LogP contribution in [0, 0.1) is 6.92 Å². The van der Waals surface area contributed by atoms with Gasteiger partial charge in [-0.15, -0.1) is 0 Å². The molecule has 9 nitrogen and oxygen atoms in total. The monoisotopic (exact) mass is 410 g/mol. The molecule has 0 spiro atoms. The first-order valence-electron chi connectivity index (χ1n) is 9.92. The number of benzene rings is 1. The van der Waals surface area contributed by atoms with Crippen LogP contribution in [-0.4, -0.2) is 44.7 Å². The highest BCUT2D eigenvalue weighted by Gasteiger charge is 2.30. The zero-order chi connectivity index (χ0) is 21.6. The lowest BCUT2D eigenvalue weighted by atomic mass is 10.1. The molecular formula is C21H26N6O3. The second-order valence-electron chi connectivity index (χ2n) is 7.71. The Bertz CT molecular complexity index is 1270. The highest BCUT2D eigenvalue weighted by molar-refractivity contribution is 5.91. The van der Waals surface area contributed by atoms with Crippen molar-refractivity contribution in [2.75, 3.05) is 25.3 Å². The number of ether oxygens (including phenoxy) is 1. The molecule has 0 N–H and O–H groups in total. The lowest BCUT2D eigenvalue weighted by molar-refractivity contribution is 0.204. The van der Waals surface area contributed by atoms with Gasteiger partial charge in [0.25, 0.3) is 5.56 Å². The van der Waals surface area contributed by atoms with Crippen LogP contribution < -0.4 is 16.3 Å². The Labute approximate surface area is 173 Å². The summed E-state index contributed by atoms with van der Waals surface area (Å²) in [5.41, 5.74) is 2.87. The van der Waals surface area contributed by atoms with Gasteiger partial charge in [0, 0.05) is 14.2 Å². The molecule has 158 valence electrons. The Kier molecular flexibility index (Phi) is 5.07. The van der Waals surface area contributed by atoms with Crippen molar-refractivity contribution >= 4 is 22.8 Å². The molecular weight excluding hydrogens is 384 g/mol. The molecule has 3 aromatic rings. The first kappa shape index (κ1) is 20.1. The number of methoxy groups -OCH3 is 1. The van der Waals surface area contributed by atoms with Gasteiger partial charge in [0.2, 0.25) is 5.95 Å². The SMILES string of the molecule is COCCN1N=C(C)[C@H](C)n2c1nc1c2c(=O)n(Cc2cccc(C)c2)c(=O)n1C. The molecule has 0 aliphatic carbocycles. The van der Waals surface area contributed by atoms with Crippen LogP contribution >= 0.6 is 0 Å². The van der Waals surface area contributed by atoms with Gasteiger partial charge in [0.1, 0.15) is 0 Å². The summed E-state index contributed by atoms with van der Waals surface area (Å²) in [6.07, 6.45) is 0. The summed E-state index contributed by atoms with van der Waals surface area (Å²) in [5.74, 6) is 0.542. The van der Waals surface area contributed by atoms with Crippen molar-refractivity contribution in [3.8, 4) is 0 Å². The highest BCUT2D eigenvalue weighted by atomic mass is 16.5. The smallest absolute Gasteiger partial charge is 0.332 e. The molecule has 1 aromatic carbocycles. The largest absolute Gasteiger partial charge is 0.383 e. The molecule has 3 heterocycles. The number of hydrogen-bond acceptors (Lipinski definition) is 6. The lowest BCUT2D eigenvalue weighted by Crippen LogP contribution is -2.40. The van der Waals surface area contributed by atoms with Crippen molar-refractivity contribution in [3.63, 3.8) is 0 Å². The third-order valence-corrected chi connectivity index (χ3v) is 5.59. The summed E-state index contributed by atoms with van der Waals surface area (Å²) in [6.45, 7) is 7.05. The third kappa shape index (κ3) is 3.15. The van der Waals surface area contributed by atoms with Crippen LogP contribution in [0.4, 0.5) is 5.95 Å². The fraction of sp³-hybridized carbons (Fsp3) is 0.429. The molecule has 0 saturated heterocycles. The van der Waals surface area contributed by atoms with Gasteiger partial charge in [-0.3, -0.25) is 18.5 Å². The minimum absolute atomic E-state index is 0.151. The van der Waals surface area contributed by atoms with Crippen molar-refractivity contribution in [3.05, 3.63) is 56.2 Å². The standard InChI is InChI=1S/C21H26N6O3/c1-13-7-6-8-16(11-13)12-25-19(28)17-18(24(4)21(25)29)22-20-26(9-10-30-5)23-14(2)15(3)27(17)20/h6-8,11,15H,9-10,12H2,1-5H3/t15-/m0/s1. The van der Waals surface area contributed by atoms with E-state index in [2.05, 4.69) is 10.1 Å². The highest BCUT2D eigenvalue weighted by Crippen LogP contribution is 2.29. The summed E-state index contributed by atoms with van der Waals surface area (Å²) in [4.78, 5) is 31.2. The number of aromatic nitrogens is 4. The summed E-state index contributed by atoms with van der Waals surface area (Å²) >= 11 is 0. The van der Waals surface area contributed by atoms with Crippen LogP contribution in [0.5, 0.6) is 0 Å². The van der Waals surface area contributed by atoms with Crippen molar-refractivity contribution < 1.29 is 4.74 Å². The minimum Gasteiger partial charge on any atom is -0.383 e. The average Bonchev–Trinajstić information content (AvgIpc) is 3.12. The number of nitrogens with zero attached hydrogens (tertiary/aromatic N) is 6. The van der Waals surface area contributed by atoms with E-state index in [0.717, 1.165) is 16.8 Å². The Hall–Kier alpha value is -3.20. The summed E-state index contributed by atoms with van der Waals surface area (Å²) in [7, 11) is 3.27. The van der Waals surface area contributed by atoms with Gasteiger partial charge in [0.05, 0.1) is 31.4 Å². The third-order valence-electron chi connectivity index (χ3n) is 5.59. The molecule has 9 heteroatoms. The summed E-state index contributed by atoms with van der Waals surface area (Å²) < 4.78 is 9.78. The van der Waals surface area contributed by atoms with E-state index in [1.807, 2.05) is 49.6 Å². The van der Waals surface area contributed by atoms with Crippen molar-refractivity contribution in [1.29, 1.82) is 0 Å². The van der Waals surface area contributed by atoms with Gasteiger partial charge >= 0.3 is 5.69 Å². The van der Waals surface area contributed by atoms with Crippen molar-refractivity contribution in [2.24, 2.45) is 12.1 Å². The van der Waals surface area contributed by atoms with Gasteiger partial charge < -0.3 is 4.74 Å². The number of rotatable bonds is 5. The van der Waals surface area contributed by atoms with Crippen molar-refractivity contribution in [1.82, 2.24) is 18.7 Å². The Morgan fingerprint density at radius 3 is 2.67 bits per heavy atom. The maximum Gasteiger partial charge on any atom is 0.332 e. The molecule has 1 atom stereocenters. The molecule has 0 bridgehead atoms. The minimum atomic E-state index is -0.391. The van der Waals surface area contributed by atoms with E-state index < -0.39 is 5.69 Å². The first-order valence-corrected chi connectivity index (χ1v) is 9.92. The molecule has 0 radical (unpaired) electrons. The van der Waals surface area contributed by atoms with E-state index in [4.69, 9.17) is 4.74 Å². The molecule has 1 aliphatic heterocycles. The molecule has 0 fully saturated rings. The van der Waals surface area contributed by atoms with Gasteiger partial charge in [-0.25, -0.2) is 9.80 Å². The van der Waals surface area contributed by atoms with Gasteiger partial charge in [-0.1, -0.05) is 29.8 Å². The molecule has 0 saturated carbocycles. The van der Waals surface area contributed by atoms with Crippen LogP contribution in [0.2, 0.25) is 0 Å². The van der Waals surface area contributed by atoms with Crippen LogP contribution in [-0.2, 0) is 18.3 Å². The fourth-order valence-electron chi connectivity index (χ4n) is 3.84. The van der Waals surface area contributed by atoms with E-state index in [0.29, 0.717) is 30.3 Å². The lowest BCUT2D eigenvalue weighted by Gasteiger charge is -2.29. The van der Waals surface area contributed by atoms with Crippen molar-refractivity contribution in [2.45, 2.75) is 33.4 Å². The fourth-order valence-corrected chi connectivity index (χ4v) is 3.84. The van der Waals surface area contributed by atoms with E-state index in [1.54, 1.807) is 19.2 Å². The predicted octanol–water partition coefficient (Wildman–Crippen LogP) is 1.66. The molecule has 1 aliphatic rings. The van der Waals surface area contributed by atoms with E-state index in [-0.39, 0.29) is 18.1 Å². The Morgan fingerprint density at radius 2 is 1.97 bits per heavy atom. The van der Waals surface area contributed by atoms with Crippen LogP contribution in [0.1, 0.15) is 31.0 Å². The molecule has 4 rings (SSSR count). The second kappa shape index (κ2) is 7.56. The van der Waals surface area contributed by atoms with Crippen LogP contribution in [0.15, 0.2) is 39.0 Å². The van der Waals surface area contributed by atoms with E-state index in [9.17, 15) is 9.59 Å². The van der Waals surface area contributed by atoms with E-state index >= 15 is 0 Å². The number of anilines is 1. The van der Waals surface area contributed by atoms with Crippen LogP contribution in [0.3, 0.4) is 0 Å². The number of aryl methyl sites for hydroxylation is 2.